The Kier molecular flexibility index (Phi) is 4.72. The Balaban J connectivity index is 1.93. The van der Waals surface area contributed by atoms with Gasteiger partial charge in [0.25, 0.3) is 0 Å². The highest BCUT2D eigenvalue weighted by molar-refractivity contribution is 7.99. The Morgan fingerprint density at radius 3 is 1.65 bits per heavy atom. The smallest absolute Gasteiger partial charge is 0.186 e. The van der Waals surface area contributed by atoms with Crippen LogP contribution in [0.4, 0.5) is 8.78 Å². The van der Waals surface area contributed by atoms with Crippen molar-refractivity contribution in [3.63, 3.8) is 0 Å². The van der Waals surface area contributed by atoms with E-state index < -0.39 is 0 Å². The summed E-state index contributed by atoms with van der Waals surface area (Å²) in [6, 6.07) is 12.7. The van der Waals surface area contributed by atoms with Crippen molar-refractivity contribution in [1.82, 2.24) is 0 Å². The van der Waals surface area contributed by atoms with E-state index in [1.54, 1.807) is 60.3 Å². The third kappa shape index (κ3) is 3.59. The van der Waals surface area contributed by atoms with Gasteiger partial charge in [0.15, 0.2) is 5.78 Å². The summed E-state index contributed by atoms with van der Waals surface area (Å²) in [4.78, 5) is 12.6. The number of ketones is 1. The molecule has 0 bridgehead atoms. The van der Waals surface area contributed by atoms with Crippen LogP contribution in [-0.2, 0) is 4.79 Å². The van der Waals surface area contributed by atoms with Crippen molar-refractivity contribution in [3.8, 4) is 0 Å². The molecule has 23 heavy (non-hydrogen) atoms. The van der Waals surface area contributed by atoms with Gasteiger partial charge in [-0.05, 0) is 24.3 Å². The largest absolute Gasteiger partial charge is 0.289 e. The summed E-state index contributed by atoms with van der Waals surface area (Å²) in [5.41, 5.74) is 1.86. The fourth-order valence-corrected chi connectivity index (χ4v) is 3.35. The van der Waals surface area contributed by atoms with E-state index in [0.29, 0.717) is 33.8 Å². The van der Waals surface area contributed by atoms with Crippen molar-refractivity contribution < 1.29 is 13.6 Å². The van der Waals surface area contributed by atoms with E-state index >= 15 is 0 Å². The van der Waals surface area contributed by atoms with Gasteiger partial charge in [0.05, 0.1) is 0 Å². The van der Waals surface area contributed by atoms with Crippen molar-refractivity contribution in [1.29, 1.82) is 0 Å². The maximum Gasteiger partial charge on any atom is 0.186 e. The van der Waals surface area contributed by atoms with Crippen molar-refractivity contribution in [2.24, 2.45) is 0 Å². The Labute approximate surface area is 137 Å². The fraction of sp³-hybridized carbons (Fsp3) is 0.105. The van der Waals surface area contributed by atoms with Crippen molar-refractivity contribution in [3.05, 3.63) is 82.4 Å². The van der Waals surface area contributed by atoms with Crippen LogP contribution in [0.1, 0.15) is 11.1 Å². The average molecular weight is 328 g/mol. The summed E-state index contributed by atoms with van der Waals surface area (Å²) < 4.78 is 27.5. The SMILES string of the molecule is O=C1/C(=C/c2ccccc2F)CSC/C1=C\c1ccccc1F. The van der Waals surface area contributed by atoms with Crippen LogP contribution in [0.25, 0.3) is 12.2 Å². The molecule has 2 aromatic rings. The van der Waals surface area contributed by atoms with Gasteiger partial charge in [0, 0.05) is 33.8 Å². The molecular formula is C19H14F2OS. The number of hydrogen-bond donors (Lipinski definition) is 0. The lowest BCUT2D eigenvalue weighted by molar-refractivity contribution is -0.112. The lowest BCUT2D eigenvalue weighted by Crippen LogP contribution is -2.16. The second-order valence-corrected chi connectivity index (χ2v) is 6.19. The average Bonchev–Trinajstić information content (AvgIpc) is 2.55. The molecule has 0 radical (unpaired) electrons. The summed E-state index contributed by atoms with van der Waals surface area (Å²) >= 11 is 1.56. The monoisotopic (exact) mass is 328 g/mol. The summed E-state index contributed by atoms with van der Waals surface area (Å²) in [6.07, 6.45) is 3.16. The molecule has 1 fully saturated rings. The maximum atomic E-state index is 13.7. The zero-order chi connectivity index (χ0) is 16.2. The van der Waals surface area contributed by atoms with E-state index in [1.165, 1.54) is 12.1 Å². The number of carbonyl (C=O) groups excluding carboxylic acids is 1. The third-order valence-electron chi connectivity index (χ3n) is 3.57. The van der Waals surface area contributed by atoms with Gasteiger partial charge in [0.2, 0.25) is 0 Å². The van der Waals surface area contributed by atoms with Gasteiger partial charge in [-0.25, -0.2) is 8.78 Å². The molecular weight excluding hydrogens is 314 g/mol. The molecule has 116 valence electrons. The molecule has 0 atom stereocenters. The van der Waals surface area contributed by atoms with Gasteiger partial charge in [-0.2, -0.15) is 11.8 Å². The Bertz CT molecular complexity index is 743. The number of hydrogen-bond acceptors (Lipinski definition) is 2. The number of thioether (sulfide) groups is 1. The molecule has 1 aliphatic rings. The van der Waals surface area contributed by atoms with Crippen molar-refractivity contribution in [2.75, 3.05) is 11.5 Å². The Morgan fingerprint density at radius 2 is 1.22 bits per heavy atom. The summed E-state index contributed by atoms with van der Waals surface area (Å²) in [5.74, 6) is 0.199. The minimum Gasteiger partial charge on any atom is -0.289 e. The molecule has 0 spiro atoms. The standard InChI is InChI=1S/C19H14F2OS/c20-17-7-3-1-5-13(17)9-15-11-23-12-16(19(15)22)10-14-6-2-4-8-18(14)21/h1-10H,11-12H2/b15-9+,16-10+. The molecule has 1 saturated heterocycles. The molecule has 4 heteroatoms. The molecule has 3 rings (SSSR count). The molecule has 1 nitrogen and oxygen atoms in total. The molecule has 1 aliphatic heterocycles. The minimum atomic E-state index is -0.358. The predicted molar refractivity (Wildman–Crippen MR) is 91.1 cm³/mol. The molecule has 0 aromatic heterocycles. The van der Waals surface area contributed by atoms with Crippen LogP contribution < -0.4 is 0 Å². The molecule has 0 saturated carbocycles. The molecule has 0 amide bonds. The zero-order valence-corrected chi connectivity index (χ0v) is 13.1. The van der Waals surface area contributed by atoms with Crippen LogP contribution in [0.5, 0.6) is 0 Å². The first-order valence-electron chi connectivity index (χ1n) is 7.18. The summed E-state index contributed by atoms with van der Waals surface area (Å²) in [7, 11) is 0. The predicted octanol–water partition coefficient (Wildman–Crippen LogP) is 4.75. The second kappa shape index (κ2) is 6.92. The van der Waals surface area contributed by atoms with Gasteiger partial charge >= 0.3 is 0 Å². The fourth-order valence-electron chi connectivity index (χ4n) is 2.38. The van der Waals surface area contributed by atoms with Crippen LogP contribution in [0, 0.1) is 11.6 Å². The number of rotatable bonds is 2. The van der Waals surface area contributed by atoms with Gasteiger partial charge in [-0.1, -0.05) is 36.4 Å². The molecule has 2 aromatic carbocycles. The van der Waals surface area contributed by atoms with E-state index in [9.17, 15) is 13.6 Å². The van der Waals surface area contributed by atoms with E-state index in [0.717, 1.165) is 0 Å². The first-order valence-corrected chi connectivity index (χ1v) is 8.33. The van der Waals surface area contributed by atoms with Crippen LogP contribution in [0.15, 0.2) is 59.7 Å². The van der Waals surface area contributed by atoms with Gasteiger partial charge in [0.1, 0.15) is 11.6 Å². The van der Waals surface area contributed by atoms with Gasteiger partial charge in [-0.3, -0.25) is 4.79 Å². The topological polar surface area (TPSA) is 17.1 Å². The minimum absolute atomic E-state index is 0.143. The summed E-state index contributed by atoms with van der Waals surface area (Å²) in [5, 5.41) is 0. The molecule has 1 heterocycles. The van der Waals surface area contributed by atoms with Crippen molar-refractivity contribution in [2.45, 2.75) is 0 Å². The Hall–Kier alpha value is -2.20. The second-order valence-electron chi connectivity index (χ2n) is 5.20. The van der Waals surface area contributed by atoms with Gasteiger partial charge < -0.3 is 0 Å². The zero-order valence-electron chi connectivity index (χ0n) is 12.3. The first-order chi connectivity index (χ1) is 11.1. The van der Waals surface area contributed by atoms with Crippen molar-refractivity contribution >= 4 is 29.7 Å². The molecule has 0 aliphatic carbocycles. The van der Waals surface area contributed by atoms with E-state index in [1.807, 2.05) is 0 Å². The highest BCUT2D eigenvalue weighted by Gasteiger charge is 2.21. The number of halogens is 2. The lowest BCUT2D eigenvalue weighted by Gasteiger charge is -2.16. The number of Topliss-reactive ketones (excluding diaryl/α,β-unsaturated/α-hetero) is 1. The van der Waals surface area contributed by atoms with E-state index in [2.05, 4.69) is 0 Å². The number of benzene rings is 2. The first kappa shape index (κ1) is 15.7. The normalized spacial score (nSPS) is 18.6. The molecule has 0 N–H and O–H groups in total. The van der Waals surface area contributed by atoms with E-state index in [4.69, 9.17) is 0 Å². The molecule has 0 unspecified atom stereocenters. The van der Waals surface area contributed by atoms with Crippen LogP contribution in [0.3, 0.4) is 0 Å². The quantitative estimate of drug-likeness (QED) is 0.740. The highest BCUT2D eigenvalue weighted by Crippen LogP contribution is 2.27. The maximum absolute atomic E-state index is 13.7. The van der Waals surface area contributed by atoms with Gasteiger partial charge in [-0.15, -0.1) is 0 Å². The number of carbonyl (C=O) groups is 1. The lowest BCUT2D eigenvalue weighted by atomic mass is 10.0. The highest BCUT2D eigenvalue weighted by atomic mass is 32.2. The van der Waals surface area contributed by atoms with E-state index in [-0.39, 0.29) is 17.4 Å². The van der Waals surface area contributed by atoms with Crippen LogP contribution in [-0.4, -0.2) is 17.3 Å². The summed E-state index contributed by atoms with van der Waals surface area (Å²) in [6.45, 7) is 0. The Morgan fingerprint density at radius 1 is 0.783 bits per heavy atom. The van der Waals surface area contributed by atoms with Crippen LogP contribution >= 0.6 is 11.8 Å². The van der Waals surface area contributed by atoms with Crippen LogP contribution in [0.2, 0.25) is 0 Å². The third-order valence-corrected chi connectivity index (χ3v) is 4.60.